The summed E-state index contributed by atoms with van der Waals surface area (Å²) in [5.41, 5.74) is 8.53. The van der Waals surface area contributed by atoms with Crippen LogP contribution < -0.4 is 11.1 Å². The van der Waals surface area contributed by atoms with Gasteiger partial charge < -0.3 is 11.1 Å². The van der Waals surface area contributed by atoms with Gasteiger partial charge in [0.1, 0.15) is 4.88 Å². The Labute approximate surface area is 110 Å². The van der Waals surface area contributed by atoms with E-state index in [1.165, 1.54) is 16.9 Å². The molecule has 18 heavy (non-hydrogen) atoms. The van der Waals surface area contributed by atoms with Crippen molar-refractivity contribution >= 4 is 22.4 Å². The fraction of sp³-hybridized carbons (Fsp3) is 0.231. The van der Waals surface area contributed by atoms with Gasteiger partial charge in [-0.2, -0.15) is 0 Å². The van der Waals surface area contributed by atoms with Gasteiger partial charge in [-0.25, -0.2) is 4.98 Å². The second-order valence-electron chi connectivity index (χ2n) is 4.13. The molecule has 0 saturated carbocycles. The molecule has 4 nitrogen and oxygen atoms in total. The zero-order chi connectivity index (χ0) is 13.1. The zero-order valence-electron chi connectivity index (χ0n) is 10.4. The number of anilines is 1. The quantitative estimate of drug-likeness (QED) is 0.890. The van der Waals surface area contributed by atoms with Crippen LogP contribution in [0.3, 0.4) is 0 Å². The lowest BCUT2D eigenvalue weighted by atomic mass is 10.1. The van der Waals surface area contributed by atoms with Gasteiger partial charge in [-0.3, -0.25) is 4.79 Å². The molecule has 1 aromatic carbocycles. The number of aryl methyl sites for hydroxylation is 2. The minimum Gasteiger partial charge on any atom is -0.375 e. The van der Waals surface area contributed by atoms with E-state index in [2.05, 4.69) is 10.3 Å². The first-order chi connectivity index (χ1) is 8.56. The summed E-state index contributed by atoms with van der Waals surface area (Å²) in [5.74, 6) is -0.123. The van der Waals surface area contributed by atoms with E-state index in [1.807, 2.05) is 31.2 Å². The molecule has 0 aliphatic carbocycles. The molecule has 0 saturated heterocycles. The number of benzene rings is 1. The number of nitrogen functional groups attached to an aromatic ring is 1. The Balaban J connectivity index is 2.00. The molecule has 0 aliphatic rings. The lowest BCUT2D eigenvalue weighted by molar-refractivity contribution is 0.0954. The molecule has 0 fully saturated rings. The van der Waals surface area contributed by atoms with Crippen molar-refractivity contribution in [2.45, 2.75) is 20.4 Å². The normalized spacial score (nSPS) is 10.3. The fourth-order valence-electron chi connectivity index (χ4n) is 1.60. The SMILES string of the molecule is Cc1ccc(CNC(=O)c2sc(N)nc2C)cc1. The third-order valence-corrected chi connectivity index (χ3v) is 3.58. The predicted octanol–water partition coefficient (Wildman–Crippen LogP) is 2.27. The average molecular weight is 261 g/mol. The minimum atomic E-state index is -0.123. The maximum absolute atomic E-state index is 11.9. The number of hydrogen-bond acceptors (Lipinski definition) is 4. The maximum Gasteiger partial charge on any atom is 0.263 e. The number of carbonyl (C=O) groups is 1. The summed E-state index contributed by atoms with van der Waals surface area (Å²) in [5, 5.41) is 3.29. The van der Waals surface area contributed by atoms with Gasteiger partial charge in [0.25, 0.3) is 5.91 Å². The van der Waals surface area contributed by atoms with Gasteiger partial charge in [-0.1, -0.05) is 41.2 Å². The van der Waals surface area contributed by atoms with Crippen LogP contribution in [0.15, 0.2) is 24.3 Å². The fourth-order valence-corrected chi connectivity index (χ4v) is 2.35. The van der Waals surface area contributed by atoms with Crippen molar-refractivity contribution in [2.75, 3.05) is 5.73 Å². The Kier molecular flexibility index (Phi) is 3.62. The number of hydrogen-bond donors (Lipinski definition) is 2. The van der Waals surface area contributed by atoms with E-state index >= 15 is 0 Å². The largest absolute Gasteiger partial charge is 0.375 e. The number of carbonyl (C=O) groups excluding carboxylic acids is 1. The molecule has 1 amide bonds. The van der Waals surface area contributed by atoms with Crippen LogP contribution in [0, 0.1) is 13.8 Å². The third kappa shape index (κ3) is 2.87. The van der Waals surface area contributed by atoms with E-state index in [9.17, 15) is 4.79 Å². The van der Waals surface area contributed by atoms with E-state index in [1.54, 1.807) is 6.92 Å². The molecule has 0 atom stereocenters. The molecule has 0 unspecified atom stereocenters. The molecular formula is C13H15N3OS. The number of nitrogens with two attached hydrogens (primary N) is 1. The topological polar surface area (TPSA) is 68.0 Å². The lowest BCUT2D eigenvalue weighted by Crippen LogP contribution is -2.22. The van der Waals surface area contributed by atoms with Gasteiger partial charge in [0.2, 0.25) is 0 Å². The summed E-state index contributed by atoms with van der Waals surface area (Å²) >= 11 is 1.21. The third-order valence-electron chi connectivity index (χ3n) is 2.59. The molecule has 3 N–H and O–H groups in total. The zero-order valence-corrected chi connectivity index (χ0v) is 11.2. The molecule has 5 heteroatoms. The maximum atomic E-state index is 11.9. The second kappa shape index (κ2) is 5.18. The highest BCUT2D eigenvalue weighted by Gasteiger charge is 2.13. The van der Waals surface area contributed by atoms with E-state index < -0.39 is 0 Å². The molecule has 0 aliphatic heterocycles. The summed E-state index contributed by atoms with van der Waals surface area (Å²) < 4.78 is 0. The van der Waals surface area contributed by atoms with Crippen LogP contribution in [0.25, 0.3) is 0 Å². The van der Waals surface area contributed by atoms with Crippen LogP contribution >= 0.6 is 11.3 Å². The number of amides is 1. The van der Waals surface area contributed by atoms with E-state index in [-0.39, 0.29) is 5.91 Å². The van der Waals surface area contributed by atoms with E-state index in [0.717, 1.165) is 5.56 Å². The molecule has 94 valence electrons. The number of rotatable bonds is 3. The van der Waals surface area contributed by atoms with Crippen molar-refractivity contribution in [3.05, 3.63) is 46.0 Å². The van der Waals surface area contributed by atoms with Crippen LogP contribution in [0.2, 0.25) is 0 Å². The minimum absolute atomic E-state index is 0.123. The predicted molar refractivity (Wildman–Crippen MR) is 73.6 cm³/mol. The highest BCUT2D eigenvalue weighted by molar-refractivity contribution is 7.17. The summed E-state index contributed by atoms with van der Waals surface area (Å²) in [6, 6.07) is 8.06. The van der Waals surface area contributed by atoms with Crippen molar-refractivity contribution in [3.63, 3.8) is 0 Å². The van der Waals surface area contributed by atoms with Crippen LogP contribution in [0.1, 0.15) is 26.5 Å². The average Bonchev–Trinajstić information content (AvgIpc) is 2.67. The highest BCUT2D eigenvalue weighted by atomic mass is 32.1. The van der Waals surface area contributed by atoms with Crippen LogP contribution in [0.5, 0.6) is 0 Å². The van der Waals surface area contributed by atoms with Crippen molar-refractivity contribution in [2.24, 2.45) is 0 Å². The molecule has 1 heterocycles. The summed E-state index contributed by atoms with van der Waals surface area (Å²) in [6.07, 6.45) is 0. The standard InChI is InChI=1S/C13H15N3OS/c1-8-3-5-10(6-4-8)7-15-12(17)11-9(2)16-13(14)18-11/h3-6H,7H2,1-2H3,(H2,14,16)(H,15,17). The first-order valence-corrected chi connectivity index (χ1v) is 6.44. The molecule has 2 rings (SSSR count). The Morgan fingerprint density at radius 3 is 2.56 bits per heavy atom. The molecule has 0 bridgehead atoms. The summed E-state index contributed by atoms with van der Waals surface area (Å²) in [7, 11) is 0. The number of nitrogens with one attached hydrogen (secondary N) is 1. The summed E-state index contributed by atoms with van der Waals surface area (Å²) in [4.78, 5) is 16.5. The lowest BCUT2D eigenvalue weighted by Gasteiger charge is -2.04. The van der Waals surface area contributed by atoms with Crippen molar-refractivity contribution in [3.8, 4) is 0 Å². The van der Waals surface area contributed by atoms with Gasteiger partial charge in [0.15, 0.2) is 5.13 Å². The Hall–Kier alpha value is -1.88. The number of nitrogens with zero attached hydrogens (tertiary/aromatic N) is 1. The number of aromatic nitrogens is 1. The molecule has 0 spiro atoms. The van der Waals surface area contributed by atoms with Crippen molar-refractivity contribution in [1.82, 2.24) is 10.3 Å². The number of thiazole rings is 1. The molecular weight excluding hydrogens is 246 g/mol. The van der Waals surface area contributed by atoms with Crippen LogP contribution in [-0.2, 0) is 6.54 Å². The smallest absolute Gasteiger partial charge is 0.263 e. The van der Waals surface area contributed by atoms with Crippen LogP contribution in [-0.4, -0.2) is 10.9 Å². The Morgan fingerprint density at radius 2 is 2.00 bits per heavy atom. The first kappa shape index (κ1) is 12.6. The van der Waals surface area contributed by atoms with E-state index in [0.29, 0.717) is 22.2 Å². The first-order valence-electron chi connectivity index (χ1n) is 5.63. The van der Waals surface area contributed by atoms with Crippen molar-refractivity contribution in [1.29, 1.82) is 0 Å². The van der Waals surface area contributed by atoms with Gasteiger partial charge in [-0.05, 0) is 19.4 Å². The Bertz CT molecular complexity index is 560. The summed E-state index contributed by atoms with van der Waals surface area (Å²) in [6.45, 7) is 4.33. The molecule has 2 aromatic rings. The second-order valence-corrected chi connectivity index (χ2v) is 5.17. The van der Waals surface area contributed by atoms with Gasteiger partial charge in [-0.15, -0.1) is 0 Å². The van der Waals surface area contributed by atoms with Gasteiger partial charge in [0, 0.05) is 6.54 Å². The van der Waals surface area contributed by atoms with Gasteiger partial charge in [0.05, 0.1) is 5.69 Å². The Morgan fingerprint density at radius 1 is 1.33 bits per heavy atom. The van der Waals surface area contributed by atoms with Crippen LogP contribution in [0.4, 0.5) is 5.13 Å². The highest BCUT2D eigenvalue weighted by Crippen LogP contribution is 2.19. The van der Waals surface area contributed by atoms with Crippen molar-refractivity contribution < 1.29 is 4.79 Å². The molecule has 1 aromatic heterocycles. The van der Waals surface area contributed by atoms with E-state index in [4.69, 9.17) is 5.73 Å². The van der Waals surface area contributed by atoms with Gasteiger partial charge >= 0.3 is 0 Å². The monoisotopic (exact) mass is 261 g/mol. The molecule has 0 radical (unpaired) electrons.